The van der Waals surface area contributed by atoms with Gasteiger partial charge in [0, 0.05) is 35.5 Å². The van der Waals surface area contributed by atoms with Gasteiger partial charge in [-0.25, -0.2) is 4.98 Å². The number of benzene rings is 1. The van der Waals surface area contributed by atoms with E-state index in [1.807, 2.05) is 17.7 Å². The molecule has 2 aromatic heterocycles. The third kappa shape index (κ3) is 2.70. The fourth-order valence-electron chi connectivity index (χ4n) is 2.48. The van der Waals surface area contributed by atoms with Gasteiger partial charge in [0.05, 0.1) is 5.56 Å². The molecule has 0 saturated heterocycles. The van der Waals surface area contributed by atoms with Gasteiger partial charge in [0.1, 0.15) is 5.65 Å². The number of halogens is 1. The predicted octanol–water partition coefficient (Wildman–Crippen LogP) is 4.04. The summed E-state index contributed by atoms with van der Waals surface area (Å²) in [6.07, 6.45) is 4.56. The molecule has 0 bridgehead atoms. The number of nitrogens with one attached hydrogen (secondary N) is 1. The number of anilines is 1. The van der Waals surface area contributed by atoms with Gasteiger partial charge in [-0.1, -0.05) is 18.5 Å². The number of hydrogen-bond donors (Lipinski definition) is 1. The first-order valence-corrected chi connectivity index (χ1v) is 7.47. The highest BCUT2D eigenvalue weighted by Gasteiger charge is 2.12. The van der Waals surface area contributed by atoms with Crippen LogP contribution in [0, 0.1) is 0 Å². The second-order valence-corrected chi connectivity index (χ2v) is 5.61. The van der Waals surface area contributed by atoms with Crippen molar-refractivity contribution >= 4 is 34.2 Å². The molecule has 1 N–H and O–H groups in total. The molecule has 0 spiro atoms. The van der Waals surface area contributed by atoms with Gasteiger partial charge < -0.3 is 9.88 Å². The van der Waals surface area contributed by atoms with Gasteiger partial charge in [-0.05, 0) is 42.3 Å². The number of aromatic nitrogens is 2. The standard InChI is InChI=1S/C17H16ClN3O/c1-3-11-10-21(2)16-15(11)8-12(9-19-16)17(22)20-14-6-4-13(18)5-7-14/h4-10H,3H2,1-2H3,(H,20,22). The minimum Gasteiger partial charge on any atom is -0.335 e. The molecule has 112 valence electrons. The van der Waals surface area contributed by atoms with Crippen molar-refractivity contribution in [2.24, 2.45) is 7.05 Å². The van der Waals surface area contributed by atoms with E-state index in [1.165, 1.54) is 5.56 Å². The minimum absolute atomic E-state index is 0.178. The van der Waals surface area contributed by atoms with Crippen molar-refractivity contribution in [1.29, 1.82) is 0 Å². The lowest BCUT2D eigenvalue weighted by Crippen LogP contribution is -2.12. The molecule has 1 aromatic carbocycles. The molecule has 0 radical (unpaired) electrons. The molecule has 5 heteroatoms. The van der Waals surface area contributed by atoms with Crippen LogP contribution in [-0.2, 0) is 13.5 Å². The predicted molar refractivity (Wildman–Crippen MR) is 89.5 cm³/mol. The summed E-state index contributed by atoms with van der Waals surface area (Å²) in [6.45, 7) is 2.09. The van der Waals surface area contributed by atoms with E-state index in [-0.39, 0.29) is 5.91 Å². The zero-order valence-electron chi connectivity index (χ0n) is 12.4. The van der Waals surface area contributed by atoms with E-state index in [0.29, 0.717) is 16.3 Å². The van der Waals surface area contributed by atoms with Crippen molar-refractivity contribution < 1.29 is 4.79 Å². The van der Waals surface area contributed by atoms with Crippen LogP contribution in [0.4, 0.5) is 5.69 Å². The van der Waals surface area contributed by atoms with E-state index in [2.05, 4.69) is 23.4 Å². The number of hydrogen-bond acceptors (Lipinski definition) is 2. The van der Waals surface area contributed by atoms with Gasteiger partial charge in [-0.3, -0.25) is 4.79 Å². The molecular formula is C17H16ClN3O. The molecule has 4 nitrogen and oxygen atoms in total. The zero-order valence-corrected chi connectivity index (χ0v) is 13.2. The number of pyridine rings is 1. The van der Waals surface area contributed by atoms with Gasteiger partial charge in [0.2, 0.25) is 0 Å². The van der Waals surface area contributed by atoms with E-state index in [4.69, 9.17) is 11.6 Å². The molecule has 1 amide bonds. The van der Waals surface area contributed by atoms with Crippen molar-refractivity contribution in [2.45, 2.75) is 13.3 Å². The Balaban J connectivity index is 1.92. The number of carbonyl (C=O) groups excluding carboxylic acids is 1. The number of amides is 1. The van der Waals surface area contributed by atoms with Gasteiger partial charge in [0.15, 0.2) is 0 Å². The number of rotatable bonds is 3. The average Bonchev–Trinajstić information content (AvgIpc) is 2.85. The molecule has 0 atom stereocenters. The molecule has 0 unspecified atom stereocenters. The summed E-state index contributed by atoms with van der Waals surface area (Å²) in [6, 6.07) is 8.92. The first-order valence-electron chi connectivity index (χ1n) is 7.09. The van der Waals surface area contributed by atoms with Crippen LogP contribution < -0.4 is 5.32 Å². The molecule has 0 fully saturated rings. The van der Waals surface area contributed by atoms with Crippen LogP contribution >= 0.6 is 11.6 Å². The Morgan fingerprint density at radius 3 is 2.73 bits per heavy atom. The molecule has 0 saturated carbocycles. The molecule has 3 rings (SSSR count). The molecule has 2 heterocycles. The van der Waals surface area contributed by atoms with Crippen LogP contribution in [0.15, 0.2) is 42.7 Å². The summed E-state index contributed by atoms with van der Waals surface area (Å²) in [4.78, 5) is 16.8. The molecular weight excluding hydrogens is 298 g/mol. The van der Waals surface area contributed by atoms with Gasteiger partial charge in [-0.15, -0.1) is 0 Å². The quantitative estimate of drug-likeness (QED) is 0.793. The smallest absolute Gasteiger partial charge is 0.257 e. The Labute approximate surface area is 133 Å². The number of nitrogens with zero attached hydrogens (tertiary/aromatic N) is 2. The van der Waals surface area contributed by atoms with E-state index in [0.717, 1.165) is 17.5 Å². The van der Waals surface area contributed by atoms with Crippen LogP contribution in [0.2, 0.25) is 5.02 Å². The van der Waals surface area contributed by atoms with Crippen molar-refractivity contribution in [3.8, 4) is 0 Å². The molecule has 0 aliphatic rings. The highest BCUT2D eigenvalue weighted by molar-refractivity contribution is 6.30. The Morgan fingerprint density at radius 2 is 2.05 bits per heavy atom. The Morgan fingerprint density at radius 1 is 1.32 bits per heavy atom. The number of carbonyl (C=O) groups is 1. The summed E-state index contributed by atoms with van der Waals surface area (Å²) in [5.74, 6) is -0.178. The summed E-state index contributed by atoms with van der Waals surface area (Å²) in [5.41, 5.74) is 3.33. The molecule has 22 heavy (non-hydrogen) atoms. The van der Waals surface area contributed by atoms with Crippen molar-refractivity contribution in [3.05, 3.63) is 58.9 Å². The SMILES string of the molecule is CCc1cn(C)c2ncc(C(=O)Nc3ccc(Cl)cc3)cc12. The highest BCUT2D eigenvalue weighted by atomic mass is 35.5. The highest BCUT2D eigenvalue weighted by Crippen LogP contribution is 2.21. The Hall–Kier alpha value is -2.33. The van der Waals surface area contributed by atoms with E-state index in [1.54, 1.807) is 30.5 Å². The zero-order chi connectivity index (χ0) is 15.7. The fraction of sp³-hybridized carbons (Fsp3) is 0.176. The van der Waals surface area contributed by atoms with Gasteiger partial charge >= 0.3 is 0 Å². The monoisotopic (exact) mass is 313 g/mol. The topological polar surface area (TPSA) is 46.9 Å². The van der Waals surface area contributed by atoms with Crippen molar-refractivity contribution in [2.75, 3.05) is 5.32 Å². The molecule has 0 aliphatic carbocycles. The van der Waals surface area contributed by atoms with Gasteiger partial charge in [0.25, 0.3) is 5.91 Å². The van der Waals surface area contributed by atoms with Crippen LogP contribution in [0.5, 0.6) is 0 Å². The fourth-order valence-corrected chi connectivity index (χ4v) is 2.61. The van der Waals surface area contributed by atoms with E-state index < -0.39 is 0 Å². The van der Waals surface area contributed by atoms with Crippen molar-refractivity contribution in [1.82, 2.24) is 9.55 Å². The summed E-state index contributed by atoms with van der Waals surface area (Å²) < 4.78 is 1.98. The Bertz CT molecular complexity index is 837. The number of fused-ring (bicyclic) bond motifs is 1. The van der Waals surface area contributed by atoms with Gasteiger partial charge in [-0.2, -0.15) is 0 Å². The molecule has 0 aliphatic heterocycles. The summed E-state index contributed by atoms with van der Waals surface area (Å²) in [5, 5.41) is 4.51. The third-order valence-electron chi connectivity index (χ3n) is 3.64. The third-order valence-corrected chi connectivity index (χ3v) is 3.89. The maximum atomic E-state index is 12.4. The van der Waals surface area contributed by atoms with E-state index >= 15 is 0 Å². The minimum atomic E-state index is -0.178. The second kappa shape index (κ2) is 5.81. The molecule has 3 aromatic rings. The lowest BCUT2D eigenvalue weighted by Gasteiger charge is -2.06. The van der Waals surface area contributed by atoms with Crippen LogP contribution in [0.3, 0.4) is 0 Å². The Kier molecular flexibility index (Phi) is 3.86. The van der Waals surface area contributed by atoms with Crippen LogP contribution in [-0.4, -0.2) is 15.5 Å². The maximum Gasteiger partial charge on any atom is 0.257 e. The lowest BCUT2D eigenvalue weighted by molar-refractivity contribution is 0.102. The maximum absolute atomic E-state index is 12.4. The summed E-state index contributed by atoms with van der Waals surface area (Å²) in [7, 11) is 1.96. The average molecular weight is 314 g/mol. The largest absolute Gasteiger partial charge is 0.335 e. The van der Waals surface area contributed by atoms with E-state index in [9.17, 15) is 4.79 Å². The first kappa shape index (κ1) is 14.6. The van der Waals surface area contributed by atoms with Crippen molar-refractivity contribution in [3.63, 3.8) is 0 Å². The second-order valence-electron chi connectivity index (χ2n) is 5.17. The summed E-state index contributed by atoms with van der Waals surface area (Å²) >= 11 is 5.84. The van der Waals surface area contributed by atoms with Crippen LogP contribution in [0.25, 0.3) is 11.0 Å². The first-order chi connectivity index (χ1) is 10.6. The van der Waals surface area contributed by atoms with Crippen LogP contribution in [0.1, 0.15) is 22.8 Å². The normalized spacial score (nSPS) is 10.9. The lowest BCUT2D eigenvalue weighted by atomic mass is 10.1. The number of aryl methyl sites for hydroxylation is 2.